The number of nitrogens with two attached hydrogens (primary N) is 1. The summed E-state index contributed by atoms with van der Waals surface area (Å²) in [7, 11) is 0. The maximum atomic E-state index is 5.23. The molecule has 0 saturated heterocycles. The average Bonchev–Trinajstić information content (AvgIpc) is 2.34. The summed E-state index contributed by atoms with van der Waals surface area (Å²) in [5.74, 6) is 0.822. The van der Waals surface area contributed by atoms with Crippen molar-refractivity contribution in [2.24, 2.45) is 5.73 Å². The first kappa shape index (κ1) is 6.57. The molecule has 0 aromatic carbocycles. The Labute approximate surface area is 56.8 Å². The molecule has 0 fully saturated rings. The molecule has 1 aromatic rings. The van der Waals surface area contributed by atoms with Crippen LogP contribution in [0.25, 0.3) is 0 Å². The van der Waals surface area contributed by atoms with Crippen LogP contribution >= 0.6 is 11.8 Å². The van der Waals surface area contributed by atoms with E-state index in [1.165, 1.54) is 18.1 Å². The summed E-state index contributed by atoms with van der Waals surface area (Å²) < 4.78 is 4.68. The lowest BCUT2D eigenvalue weighted by atomic mass is 10.8. The Kier molecular flexibility index (Phi) is 2.53. The van der Waals surface area contributed by atoms with Crippen molar-refractivity contribution in [3.05, 3.63) is 6.33 Å². The van der Waals surface area contributed by atoms with Gasteiger partial charge in [0.25, 0.3) is 5.22 Å². The third-order valence-corrected chi connectivity index (χ3v) is 1.55. The van der Waals surface area contributed by atoms with Crippen molar-refractivity contribution in [1.82, 2.24) is 10.1 Å². The van der Waals surface area contributed by atoms with E-state index in [1.54, 1.807) is 0 Å². The van der Waals surface area contributed by atoms with Crippen molar-refractivity contribution in [3.63, 3.8) is 0 Å². The molecule has 0 aliphatic carbocycles. The minimum absolute atomic E-state index is 0.584. The molecule has 0 aliphatic rings. The first-order valence-electron chi connectivity index (χ1n) is 2.53. The van der Waals surface area contributed by atoms with Crippen molar-refractivity contribution in [3.8, 4) is 0 Å². The molecule has 9 heavy (non-hydrogen) atoms. The quantitative estimate of drug-likeness (QED) is 0.612. The fourth-order valence-electron chi connectivity index (χ4n) is 0.373. The van der Waals surface area contributed by atoms with Crippen LogP contribution in [0, 0.1) is 0 Å². The van der Waals surface area contributed by atoms with Crippen molar-refractivity contribution in [2.75, 3.05) is 12.3 Å². The minimum atomic E-state index is 0.584. The molecule has 0 unspecified atom stereocenters. The molecular formula is C4H7N3OS. The van der Waals surface area contributed by atoms with Crippen LogP contribution in [0.1, 0.15) is 0 Å². The zero-order valence-electron chi connectivity index (χ0n) is 4.78. The van der Waals surface area contributed by atoms with Crippen LogP contribution < -0.4 is 5.73 Å². The molecule has 2 N–H and O–H groups in total. The van der Waals surface area contributed by atoms with Gasteiger partial charge < -0.3 is 10.3 Å². The van der Waals surface area contributed by atoms with Gasteiger partial charge in [0, 0.05) is 12.3 Å². The summed E-state index contributed by atoms with van der Waals surface area (Å²) in [6, 6.07) is 0. The molecule has 1 heterocycles. The van der Waals surface area contributed by atoms with Gasteiger partial charge in [-0.1, -0.05) is 16.9 Å². The van der Waals surface area contributed by atoms with Gasteiger partial charge in [-0.25, -0.2) is 0 Å². The third kappa shape index (κ3) is 2.03. The number of nitrogens with zero attached hydrogens (tertiary/aromatic N) is 2. The van der Waals surface area contributed by atoms with E-state index >= 15 is 0 Å². The number of hydrogen-bond donors (Lipinski definition) is 1. The highest BCUT2D eigenvalue weighted by Gasteiger charge is 1.95. The summed E-state index contributed by atoms with van der Waals surface area (Å²) in [6.07, 6.45) is 1.37. The van der Waals surface area contributed by atoms with Gasteiger partial charge in [-0.2, -0.15) is 4.98 Å². The van der Waals surface area contributed by atoms with E-state index < -0.39 is 0 Å². The number of hydrogen-bond acceptors (Lipinski definition) is 5. The molecule has 0 radical (unpaired) electrons. The topological polar surface area (TPSA) is 64.9 Å². The first-order chi connectivity index (χ1) is 4.43. The van der Waals surface area contributed by atoms with Crippen molar-refractivity contribution in [2.45, 2.75) is 5.22 Å². The summed E-state index contributed by atoms with van der Waals surface area (Å²) in [4.78, 5) is 3.78. The highest BCUT2D eigenvalue weighted by Crippen LogP contribution is 2.10. The summed E-state index contributed by atoms with van der Waals surface area (Å²) in [5.41, 5.74) is 5.23. The van der Waals surface area contributed by atoms with Gasteiger partial charge in [0.1, 0.15) is 0 Å². The van der Waals surface area contributed by atoms with Crippen LogP contribution in [0.15, 0.2) is 16.1 Å². The molecular weight excluding hydrogens is 138 g/mol. The van der Waals surface area contributed by atoms with E-state index in [4.69, 9.17) is 5.73 Å². The van der Waals surface area contributed by atoms with E-state index in [0.29, 0.717) is 11.8 Å². The maximum Gasteiger partial charge on any atom is 0.285 e. The van der Waals surface area contributed by atoms with Gasteiger partial charge in [0.05, 0.1) is 0 Å². The van der Waals surface area contributed by atoms with Gasteiger partial charge in [-0.3, -0.25) is 0 Å². The van der Waals surface area contributed by atoms with Crippen LogP contribution in [-0.4, -0.2) is 22.4 Å². The Balaban J connectivity index is 2.30. The molecule has 1 rings (SSSR count). The van der Waals surface area contributed by atoms with Crippen LogP contribution in [0.2, 0.25) is 0 Å². The second kappa shape index (κ2) is 3.47. The number of aromatic nitrogens is 2. The lowest BCUT2D eigenvalue weighted by Gasteiger charge is -1.86. The minimum Gasteiger partial charge on any atom is -0.330 e. The summed E-state index contributed by atoms with van der Waals surface area (Å²) in [6.45, 7) is 0.632. The van der Waals surface area contributed by atoms with Gasteiger partial charge in [-0.05, 0) is 0 Å². The van der Waals surface area contributed by atoms with E-state index in [-0.39, 0.29) is 0 Å². The SMILES string of the molecule is NCCSc1ncno1. The van der Waals surface area contributed by atoms with E-state index in [0.717, 1.165) is 5.75 Å². The van der Waals surface area contributed by atoms with Crippen LogP contribution in [0.5, 0.6) is 0 Å². The van der Waals surface area contributed by atoms with Gasteiger partial charge in [-0.15, -0.1) is 0 Å². The Morgan fingerprint density at radius 3 is 3.22 bits per heavy atom. The molecule has 0 spiro atoms. The predicted octanol–water partition coefficient (Wildman–Crippen LogP) is 0.120. The second-order valence-electron chi connectivity index (χ2n) is 1.34. The van der Waals surface area contributed by atoms with Crippen molar-refractivity contribution < 1.29 is 4.52 Å². The molecule has 4 nitrogen and oxygen atoms in total. The largest absolute Gasteiger partial charge is 0.330 e. The van der Waals surface area contributed by atoms with Crippen molar-refractivity contribution >= 4 is 11.8 Å². The fourth-order valence-corrected chi connectivity index (χ4v) is 0.883. The van der Waals surface area contributed by atoms with Crippen LogP contribution in [-0.2, 0) is 0 Å². The Morgan fingerprint density at radius 1 is 1.78 bits per heavy atom. The van der Waals surface area contributed by atoms with Crippen LogP contribution in [0.3, 0.4) is 0 Å². The average molecular weight is 145 g/mol. The Hall–Kier alpha value is -0.550. The molecule has 0 amide bonds. The first-order valence-corrected chi connectivity index (χ1v) is 3.51. The molecule has 50 valence electrons. The molecule has 5 heteroatoms. The summed E-state index contributed by atoms with van der Waals surface area (Å²) >= 11 is 1.46. The highest BCUT2D eigenvalue weighted by atomic mass is 32.2. The predicted molar refractivity (Wildman–Crippen MR) is 34.1 cm³/mol. The lowest BCUT2D eigenvalue weighted by Crippen LogP contribution is -2.00. The Morgan fingerprint density at radius 2 is 2.67 bits per heavy atom. The standard InChI is InChI=1S/C4H7N3OS/c5-1-2-9-4-6-3-7-8-4/h3H,1-2,5H2. The summed E-state index contributed by atoms with van der Waals surface area (Å²) in [5, 5.41) is 4.01. The fraction of sp³-hybridized carbons (Fsp3) is 0.500. The zero-order valence-corrected chi connectivity index (χ0v) is 5.60. The molecule has 0 atom stereocenters. The van der Waals surface area contributed by atoms with Crippen molar-refractivity contribution in [1.29, 1.82) is 0 Å². The Bertz CT molecular complexity index is 153. The smallest absolute Gasteiger partial charge is 0.285 e. The van der Waals surface area contributed by atoms with E-state index in [9.17, 15) is 0 Å². The van der Waals surface area contributed by atoms with Gasteiger partial charge >= 0.3 is 0 Å². The number of thioether (sulfide) groups is 1. The monoisotopic (exact) mass is 145 g/mol. The van der Waals surface area contributed by atoms with E-state index in [1.807, 2.05) is 0 Å². The molecule has 1 aromatic heterocycles. The van der Waals surface area contributed by atoms with Crippen LogP contribution in [0.4, 0.5) is 0 Å². The molecule has 0 saturated carbocycles. The third-order valence-electron chi connectivity index (χ3n) is 0.684. The second-order valence-corrected chi connectivity index (χ2v) is 2.39. The van der Waals surface area contributed by atoms with E-state index in [2.05, 4.69) is 14.7 Å². The van der Waals surface area contributed by atoms with Gasteiger partial charge in [0.15, 0.2) is 6.33 Å². The zero-order chi connectivity index (χ0) is 6.53. The number of rotatable bonds is 3. The molecule has 0 aliphatic heterocycles. The highest BCUT2D eigenvalue weighted by molar-refractivity contribution is 7.99. The molecule has 0 bridgehead atoms. The normalized spacial score (nSPS) is 9.89. The lowest BCUT2D eigenvalue weighted by molar-refractivity contribution is 0.340. The van der Waals surface area contributed by atoms with Gasteiger partial charge in [0.2, 0.25) is 0 Å². The maximum absolute atomic E-state index is 5.23.